The van der Waals surface area contributed by atoms with E-state index in [0.29, 0.717) is 11.1 Å². The molecule has 8 nitrogen and oxygen atoms in total. The van der Waals surface area contributed by atoms with Crippen molar-refractivity contribution in [3.8, 4) is 0 Å². The van der Waals surface area contributed by atoms with E-state index >= 15 is 0 Å². The molecular weight excluding hydrogens is 508 g/mol. The van der Waals surface area contributed by atoms with Gasteiger partial charge in [0.05, 0.1) is 22.5 Å². The Balaban J connectivity index is 1.34. The molecule has 4 aromatic rings. The Kier molecular flexibility index (Phi) is 5.62. The highest BCUT2D eigenvalue weighted by atomic mass is 16.2. The third-order valence-electron chi connectivity index (χ3n) is 7.29. The van der Waals surface area contributed by atoms with Crippen LogP contribution in [0.2, 0.25) is 0 Å². The number of carbonyl (C=O) groups is 6. The molecule has 8 heteroatoms. The highest BCUT2D eigenvalue weighted by Gasteiger charge is 2.35. The molecule has 40 heavy (non-hydrogen) atoms. The summed E-state index contributed by atoms with van der Waals surface area (Å²) in [7, 11) is 0. The van der Waals surface area contributed by atoms with Gasteiger partial charge in [0.1, 0.15) is 0 Å². The van der Waals surface area contributed by atoms with Crippen LogP contribution in [0.25, 0.3) is 0 Å². The number of nitrogens with one attached hydrogen (secondary N) is 2. The number of hydrogen-bond acceptors (Lipinski definition) is 6. The Morgan fingerprint density at radius 3 is 1.12 bits per heavy atom. The van der Waals surface area contributed by atoms with E-state index in [9.17, 15) is 28.8 Å². The van der Waals surface area contributed by atoms with E-state index < -0.39 is 23.4 Å². The number of ketones is 4. The maximum atomic E-state index is 13.4. The van der Waals surface area contributed by atoms with E-state index in [1.165, 1.54) is 24.3 Å². The van der Waals surface area contributed by atoms with E-state index in [4.69, 9.17) is 0 Å². The molecule has 0 aliphatic heterocycles. The van der Waals surface area contributed by atoms with Crippen LogP contribution in [0.1, 0.15) is 74.8 Å². The fourth-order valence-electron chi connectivity index (χ4n) is 5.24. The molecule has 0 radical (unpaired) electrons. The fraction of sp³-hybridized carbons (Fsp3) is 0.0625. The van der Waals surface area contributed by atoms with Crippen LogP contribution < -0.4 is 10.6 Å². The van der Waals surface area contributed by atoms with Crippen molar-refractivity contribution in [2.24, 2.45) is 0 Å². The lowest BCUT2D eigenvalue weighted by atomic mass is 9.82. The minimum absolute atomic E-state index is 0.00972. The van der Waals surface area contributed by atoms with E-state index in [1.807, 2.05) is 0 Å². The molecule has 2 aliphatic rings. The first-order valence-electron chi connectivity index (χ1n) is 12.5. The molecule has 0 atom stereocenters. The number of hydrogen-bond donors (Lipinski definition) is 2. The Hall–Kier alpha value is -5.50. The van der Waals surface area contributed by atoms with Gasteiger partial charge in [-0.15, -0.1) is 0 Å². The quantitative estimate of drug-likeness (QED) is 0.320. The molecule has 4 aromatic carbocycles. The van der Waals surface area contributed by atoms with Gasteiger partial charge in [0.2, 0.25) is 0 Å². The molecule has 0 heterocycles. The molecule has 0 fully saturated rings. The van der Waals surface area contributed by atoms with Crippen molar-refractivity contribution in [1.29, 1.82) is 0 Å². The molecule has 0 unspecified atom stereocenters. The standard InChI is InChI=1S/C32H20N2O6/c1-15-11-13-21-23(29(37)19-9-5-3-7-17(19)27(21)35)25(15)33-31(39)32(40)34-26-16(2)12-14-22-24(26)30(38)20-10-6-4-8-18(20)28(22)36/h3-14H,1-2H3,(H,33,39)(H,34,40). The van der Waals surface area contributed by atoms with E-state index in [1.54, 1.807) is 62.4 Å². The Bertz CT molecular complexity index is 1750. The Morgan fingerprint density at radius 2 is 0.775 bits per heavy atom. The second-order valence-electron chi connectivity index (χ2n) is 9.68. The molecule has 194 valence electrons. The summed E-state index contributed by atoms with van der Waals surface area (Å²) in [5, 5.41) is 5.00. The number of benzene rings is 4. The first kappa shape index (κ1) is 24.8. The predicted octanol–water partition coefficient (Wildman–Crippen LogP) is 4.43. The topological polar surface area (TPSA) is 126 Å². The highest BCUT2D eigenvalue weighted by Crippen LogP contribution is 2.36. The number of fused-ring (bicyclic) bond motifs is 4. The zero-order valence-electron chi connectivity index (χ0n) is 21.4. The molecule has 0 saturated carbocycles. The van der Waals surface area contributed by atoms with Gasteiger partial charge in [-0.1, -0.05) is 60.7 Å². The molecule has 0 aromatic heterocycles. The summed E-state index contributed by atoms with van der Waals surface area (Å²) in [5.74, 6) is -3.83. The highest BCUT2D eigenvalue weighted by molar-refractivity contribution is 6.45. The zero-order valence-corrected chi connectivity index (χ0v) is 21.4. The molecule has 6 rings (SSSR count). The summed E-state index contributed by atoms with van der Waals surface area (Å²) in [5.41, 5.74) is 2.29. The van der Waals surface area contributed by atoms with Crippen molar-refractivity contribution in [3.05, 3.63) is 128 Å². The Morgan fingerprint density at radius 1 is 0.450 bits per heavy atom. The van der Waals surface area contributed by atoms with Crippen LogP contribution in [0.5, 0.6) is 0 Å². The van der Waals surface area contributed by atoms with Gasteiger partial charge in [-0.05, 0) is 37.1 Å². The lowest BCUT2D eigenvalue weighted by Crippen LogP contribution is -2.33. The zero-order chi connectivity index (χ0) is 28.3. The van der Waals surface area contributed by atoms with Crippen molar-refractivity contribution < 1.29 is 28.8 Å². The van der Waals surface area contributed by atoms with Crippen molar-refractivity contribution in [2.45, 2.75) is 13.8 Å². The monoisotopic (exact) mass is 528 g/mol. The van der Waals surface area contributed by atoms with Gasteiger partial charge in [-0.2, -0.15) is 0 Å². The maximum Gasteiger partial charge on any atom is 0.314 e. The SMILES string of the molecule is Cc1ccc2c(c1NC(=O)C(=O)Nc1c(C)ccc3c1C(=O)c1ccccc1C3=O)C(=O)c1ccccc1C2=O. The van der Waals surface area contributed by atoms with Crippen molar-refractivity contribution in [3.63, 3.8) is 0 Å². The molecule has 0 bridgehead atoms. The van der Waals surface area contributed by atoms with Crippen LogP contribution in [0.15, 0.2) is 72.8 Å². The van der Waals surface area contributed by atoms with E-state index in [-0.39, 0.29) is 67.4 Å². The summed E-state index contributed by atoms with van der Waals surface area (Å²) < 4.78 is 0. The van der Waals surface area contributed by atoms with Crippen LogP contribution in [0.3, 0.4) is 0 Å². The predicted molar refractivity (Wildman–Crippen MR) is 146 cm³/mol. The van der Waals surface area contributed by atoms with Crippen LogP contribution in [-0.2, 0) is 9.59 Å². The van der Waals surface area contributed by atoms with E-state index in [0.717, 1.165) is 0 Å². The smallest absolute Gasteiger partial charge is 0.314 e. The van der Waals surface area contributed by atoms with Gasteiger partial charge < -0.3 is 10.6 Å². The molecule has 2 aliphatic carbocycles. The van der Waals surface area contributed by atoms with Crippen LogP contribution in [-0.4, -0.2) is 34.9 Å². The fourth-order valence-corrected chi connectivity index (χ4v) is 5.24. The largest absolute Gasteiger partial charge is 0.317 e. The minimum atomic E-state index is -1.11. The van der Waals surface area contributed by atoms with Crippen LogP contribution >= 0.6 is 0 Å². The second-order valence-corrected chi connectivity index (χ2v) is 9.68. The van der Waals surface area contributed by atoms with Crippen LogP contribution in [0.4, 0.5) is 11.4 Å². The molecule has 2 N–H and O–H groups in total. The van der Waals surface area contributed by atoms with E-state index in [2.05, 4.69) is 10.6 Å². The number of carbonyl (C=O) groups excluding carboxylic acids is 6. The first-order valence-corrected chi connectivity index (χ1v) is 12.5. The van der Waals surface area contributed by atoms with Gasteiger partial charge in [0, 0.05) is 33.4 Å². The first-order chi connectivity index (χ1) is 19.2. The summed E-state index contributed by atoms with van der Waals surface area (Å²) in [6, 6.07) is 19.0. The van der Waals surface area contributed by atoms with Gasteiger partial charge in [-0.25, -0.2) is 0 Å². The summed E-state index contributed by atoms with van der Waals surface area (Å²) >= 11 is 0. The lowest BCUT2D eigenvalue weighted by molar-refractivity contribution is -0.133. The number of amides is 2. The summed E-state index contributed by atoms with van der Waals surface area (Å²) in [4.78, 5) is 79.2. The molecule has 0 spiro atoms. The third kappa shape index (κ3) is 3.61. The Labute approximate surface area is 228 Å². The molecule has 2 amide bonds. The number of anilines is 2. The average Bonchev–Trinajstić information content (AvgIpc) is 2.96. The van der Waals surface area contributed by atoms with Gasteiger partial charge in [-0.3, -0.25) is 28.8 Å². The molecular formula is C32H20N2O6. The van der Waals surface area contributed by atoms with Crippen LogP contribution in [0, 0.1) is 13.8 Å². The number of aryl methyl sites for hydroxylation is 2. The van der Waals surface area contributed by atoms with Gasteiger partial charge in [0.25, 0.3) is 0 Å². The molecule has 0 saturated heterocycles. The van der Waals surface area contributed by atoms with Gasteiger partial charge >= 0.3 is 11.8 Å². The maximum absolute atomic E-state index is 13.4. The minimum Gasteiger partial charge on any atom is -0.317 e. The summed E-state index contributed by atoms with van der Waals surface area (Å²) in [6.45, 7) is 3.29. The summed E-state index contributed by atoms with van der Waals surface area (Å²) in [6.07, 6.45) is 0. The van der Waals surface area contributed by atoms with Gasteiger partial charge in [0.15, 0.2) is 23.1 Å². The van der Waals surface area contributed by atoms with Crippen molar-refractivity contribution in [1.82, 2.24) is 0 Å². The van der Waals surface area contributed by atoms with Crippen molar-refractivity contribution >= 4 is 46.3 Å². The van der Waals surface area contributed by atoms with Crippen molar-refractivity contribution in [2.75, 3.05) is 10.6 Å². The third-order valence-corrected chi connectivity index (χ3v) is 7.29. The normalized spacial score (nSPS) is 13.2. The number of rotatable bonds is 2. The second kappa shape index (κ2) is 9.06. The lowest BCUT2D eigenvalue weighted by Gasteiger charge is -2.23. The average molecular weight is 529 g/mol.